The zero-order valence-electron chi connectivity index (χ0n) is 12.7. The van der Waals surface area contributed by atoms with Crippen LogP contribution >= 0.6 is 0 Å². The minimum absolute atomic E-state index is 0.770. The molecule has 0 fully saturated rings. The SMILES string of the molecule is CCC=CCC(CCC)CC(CCC)N(C)C. The molecule has 0 amide bonds. The molecule has 0 saturated carbocycles. The van der Waals surface area contributed by atoms with Crippen molar-refractivity contribution in [1.29, 1.82) is 0 Å². The van der Waals surface area contributed by atoms with Crippen LogP contribution in [0.15, 0.2) is 12.2 Å². The second-order valence-electron chi connectivity index (χ2n) is 5.41. The quantitative estimate of drug-likeness (QED) is 0.491. The van der Waals surface area contributed by atoms with E-state index in [1.54, 1.807) is 0 Å². The molecule has 0 bridgehead atoms. The highest BCUT2D eigenvalue weighted by molar-refractivity contribution is 4.84. The van der Waals surface area contributed by atoms with Gasteiger partial charge in [-0.05, 0) is 45.7 Å². The van der Waals surface area contributed by atoms with Gasteiger partial charge in [0, 0.05) is 6.04 Å². The Morgan fingerprint density at radius 2 is 1.59 bits per heavy atom. The van der Waals surface area contributed by atoms with Crippen molar-refractivity contribution in [3.8, 4) is 0 Å². The number of rotatable bonds is 10. The second-order valence-corrected chi connectivity index (χ2v) is 5.41. The van der Waals surface area contributed by atoms with Gasteiger partial charge in [0.15, 0.2) is 0 Å². The van der Waals surface area contributed by atoms with Crippen LogP contribution in [0, 0.1) is 5.92 Å². The van der Waals surface area contributed by atoms with Crippen LogP contribution in [0.25, 0.3) is 0 Å². The third kappa shape index (κ3) is 8.43. The van der Waals surface area contributed by atoms with Crippen LogP contribution in [0.4, 0.5) is 0 Å². The number of allylic oxidation sites excluding steroid dienone is 2. The average Bonchev–Trinajstić information content (AvgIpc) is 2.28. The Morgan fingerprint density at radius 1 is 0.941 bits per heavy atom. The highest BCUT2D eigenvalue weighted by Crippen LogP contribution is 2.22. The monoisotopic (exact) mass is 239 g/mol. The van der Waals surface area contributed by atoms with E-state index in [0.29, 0.717) is 0 Å². The van der Waals surface area contributed by atoms with E-state index in [2.05, 4.69) is 51.9 Å². The van der Waals surface area contributed by atoms with Gasteiger partial charge in [-0.1, -0.05) is 52.2 Å². The first-order valence-corrected chi connectivity index (χ1v) is 7.47. The maximum absolute atomic E-state index is 2.41. The Bertz CT molecular complexity index is 184. The van der Waals surface area contributed by atoms with Crippen LogP contribution in [0.2, 0.25) is 0 Å². The molecule has 0 aromatic heterocycles. The van der Waals surface area contributed by atoms with Gasteiger partial charge in [-0.2, -0.15) is 0 Å². The summed E-state index contributed by atoms with van der Waals surface area (Å²) >= 11 is 0. The first kappa shape index (κ1) is 16.7. The van der Waals surface area contributed by atoms with Gasteiger partial charge in [0.1, 0.15) is 0 Å². The van der Waals surface area contributed by atoms with E-state index in [4.69, 9.17) is 0 Å². The molecule has 0 heterocycles. The Kier molecular flexibility index (Phi) is 10.6. The molecular formula is C16H33N. The predicted molar refractivity (Wildman–Crippen MR) is 79.4 cm³/mol. The Hall–Kier alpha value is -0.300. The summed E-state index contributed by atoms with van der Waals surface area (Å²) in [5.41, 5.74) is 0. The lowest BCUT2D eigenvalue weighted by atomic mass is 9.90. The zero-order valence-corrected chi connectivity index (χ0v) is 12.7. The fourth-order valence-electron chi connectivity index (χ4n) is 2.50. The van der Waals surface area contributed by atoms with Gasteiger partial charge in [-0.15, -0.1) is 0 Å². The summed E-state index contributed by atoms with van der Waals surface area (Å²) in [6, 6.07) is 0.770. The fourth-order valence-corrected chi connectivity index (χ4v) is 2.50. The molecule has 0 saturated heterocycles. The zero-order chi connectivity index (χ0) is 13.1. The molecule has 0 rings (SSSR count). The summed E-state index contributed by atoms with van der Waals surface area (Å²) in [5.74, 6) is 0.877. The van der Waals surface area contributed by atoms with E-state index in [9.17, 15) is 0 Å². The number of nitrogens with zero attached hydrogens (tertiary/aromatic N) is 1. The highest BCUT2D eigenvalue weighted by Gasteiger charge is 2.16. The van der Waals surface area contributed by atoms with Crippen LogP contribution in [-0.4, -0.2) is 25.0 Å². The van der Waals surface area contributed by atoms with Crippen molar-refractivity contribution in [3.05, 3.63) is 12.2 Å². The molecule has 0 aromatic rings. The molecule has 0 radical (unpaired) electrons. The summed E-state index contributed by atoms with van der Waals surface area (Å²) in [6.07, 6.45) is 13.8. The van der Waals surface area contributed by atoms with Crippen molar-refractivity contribution < 1.29 is 0 Å². The average molecular weight is 239 g/mol. The van der Waals surface area contributed by atoms with E-state index in [1.807, 2.05) is 0 Å². The van der Waals surface area contributed by atoms with Gasteiger partial charge in [0.25, 0.3) is 0 Å². The predicted octanol–water partition coefficient (Wildman–Crippen LogP) is 4.88. The van der Waals surface area contributed by atoms with Crippen molar-refractivity contribution in [2.24, 2.45) is 5.92 Å². The van der Waals surface area contributed by atoms with Crippen LogP contribution in [0.3, 0.4) is 0 Å². The topological polar surface area (TPSA) is 3.24 Å². The molecule has 17 heavy (non-hydrogen) atoms. The normalized spacial score (nSPS) is 15.6. The number of hydrogen-bond donors (Lipinski definition) is 0. The highest BCUT2D eigenvalue weighted by atomic mass is 15.1. The van der Waals surface area contributed by atoms with Gasteiger partial charge in [-0.25, -0.2) is 0 Å². The summed E-state index contributed by atoms with van der Waals surface area (Å²) in [6.45, 7) is 6.81. The van der Waals surface area contributed by atoms with Crippen LogP contribution in [0.5, 0.6) is 0 Å². The van der Waals surface area contributed by atoms with Crippen molar-refractivity contribution in [1.82, 2.24) is 4.90 Å². The Labute approximate surface area is 109 Å². The standard InChI is InChI=1S/C16H33N/c1-6-9-10-13-15(11-7-2)14-16(12-8-3)17(4)5/h9-10,15-16H,6-8,11-14H2,1-5H3. The van der Waals surface area contributed by atoms with Crippen molar-refractivity contribution >= 4 is 0 Å². The smallest absolute Gasteiger partial charge is 0.00918 e. The first-order valence-electron chi connectivity index (χ1n) is 7.47. The van der Waals surface area contributed by atoms with Gasteiger partial charge in [0.05, 0.1) is 0 Å². The molecule has 2 atom stereocenters. The van der Waals surface area contributed by atoms with Crippen LogP contribution in [-0.2, 0) is 0 Å². The van der Waals surface area contributed by atoms with E-state index in [-0.39, 0.29) is 0 Å². The third-order valence-electron chi connectivity index (χ3n) is 3.53. The van der Waals surface area contributed by atoms with Gasteiger partial charge >= 0.3 is 0 Å². The number of hydrogen-bond acceptors (Lipinski definition) is 1. The van der Waals surface area contributed by atoms with Crippen molar-refractivity contribution in [2.75, 3.05) is 14.1 Å². The molecule has 0 aromatic carbocycles. The van der Waals surface area contributed by atoms with Crippen molar-refractivity contribution in [2.45, 2.75) is 71.8 Å². The summed E-state index contributed by atoms with van der Waals surface area (Å²) < 4.78 is 0. The van der Waals surface area contributed by atoms with Gasteiger partial charge in [0.2, 0.25) is 0 Å². The van der Waals surface area contributed by atoms with E-state index < -0.39 is 0 Å². The molecule has 2 unspecified atom stereocenters. The van der Waals surface area contributed by atoms with Gasteiger partial charge < -0.3 is 4.90 Å². The fraction of sp³-hybridized carbons (Fsp3) is 0.875. The molecule has 0 spiro atoms. The summed E-state index contributed by atoms with van der Waals surface area (Å²) in [4.78, 5) is 2.41. The Morgan fingerprint density at radius 3 is 2.06 bits per heavy atom. The van der Waals surface area contributed by atoms with E-state index in [1.165, 1.54) is 44.9 Å². The lowest BCUT2D eigenvalue weighted by Gasteiger charge is -2.28. The lowest BCUT2D eigenvalue weighted by molar-refractivity contribution is 0.224. The first-order chi connectivity index (χ1) is 8.15. The maximum Gasteiger partial charge on any atom is 0.00918 e. The van der Waals surface area contributed by atoms with Crippen molar-refractivity contribution in [3.63, 3.8) is 0 Å². The molecule has 1 heteroatoms. The minimum atomic E-state index is 0.770. The lowest BCUT2D eigenvalue weighted by Crippen LogP contribution is -2.30. The van der Waals surface area contributed by atoms with E-state index >= 15 is 0 Å². The second kappa shape index (κ2) is 10.8. The third-order valence-corrected chi connectivity index (χ3v) is 3.53. The molecule has 0 aliphatic carbocycles. The molecule has 0 aliphatic rings. The molecule has 102 valence electrons. The Balaban J connectivity index is 4.22. The largest absolute Gasteiger partial charge is 0.306 e. The van der Waals surface area contributed by atoms with Crippen LogP contribution in [0.1, 0.15) is 65.7 Å². The minimum Gasteiger partial charge on any atom is -0.306 e. The molecule has 0 N–H and O–H groups in total. The summed E-state index contributed by atoms with van der Waals surface area (Å²) in [5, 5.41) is 0. The summed E-state index contributed by atoms with van der Waals surface area (Å²) in [7, 11) is 4.45. The van der Waals surface area contributed by atoms with Crippen LogP contribution < -0.4 is 0 Å². The van der Waals surface area contributed by atoms with E-state index in [0.717, 1.165) is 12.0 Å². The molecular weight excluding hydrogens is 206 g/mol. The molecule has 1 nitrogen and oxygen atoms in total. The maximum atomic E-state index is 2.41. The molecule has 0 aliphatic heterocycles. The van der Waals surface area contributed by atoms with Gasteiger partial charge in [-0.3, -0.25) is 0 Å².